The molecule has 6 nitrogen and oxygen atoms in total. The number of benzene rings is 3. The minimum Gasteiger partial charge on any atom is -0.497 e. The lowest BCUT2D eigenvalue weighted by Crippen LogP contribution is -2.21. The van der Waals surface area contributed by atoms with Gasteiger partial charge >= 0.3 is 0 Å². The Hall–Kier alpha value is -4.06. The molecule has 0 aliphatic rings. The molecule has 1 amide bonds. The normalized spacial score (nSPS) is 11.3. The maximum absolute atomic E-state index is 13.1. The predicted octanol–water partition coefficient (Wildman–Crippen LogP) is 4.93. The first kappa shape index (κ1) is 19.3. The zero-order valence-electron chi connectivity index (χ0n) is 16.6. The largest absolute Gasteiger partial charge is 0.497 e. The summed E-state index contributed by atoms with van der Waals surface area (Å²) in [6.07, 6.45) is 0. The maximum Gasteiger partial charge on any atom is 0.261 e. The molecule has 0 atom stereocenters. The smallest absolute Gasteiger partial charge is 0.261 e. The quantitative estimate of drug-likeness (QED) is 0.515. The van der Waals surface area contributed by atoms with Crippen LogP contribution in [0.2, 0.25) is 0 Å². The molecule has 150 valence electrons. The fraction of sp³-hybridized carbons (Fsp3) is 0.0833. The number of anilines is 1. The minimum absolute atomic E-state index is 0.198. The van der Waals surface area contributed by atoms with E-state index in [0.717, 1.165) is 5.39 Å². The highest BCUT2D eigenvalue weighted by Crippen LogP contribution is 2.26. The summed E-state index contributed by atoms with van der Waals surface area (Å²) in [6, 6.07) is 23.6. The first-order valence-corrected chi connectivity index (χ1v) is 9.34. The van der Waals surface area contributed by atoms with Gasteiger partial charge in [-0.3, -0.25) is 4.79 Å². The highest BCUT2D eigenvalue weighted by molar-refractivity contribution is 6.05. The van der Waals surface area contributed by atoms with E-state index in [0.29, 0.717) is 34.0 Å². The number of methoxy groups -OCH3 is 2. The van der Waals surface area contributed by atoms with Gasteiger partial charge in [-0.1, -0.05) is 30.3 Å². The van der Waals surface area contributed by atoms with Gasteiger partial charge in [-0.2, -0.15) is 0 Å². The lowest BCUT2D eigenvalue weighted by molar-refractivity contribution is 0.102. The van der Waals surface area contributed by atoms with E-state index in [9.17, 15) is 4.79 Å². The molecule has 6 heteroatoms. The zero-order chi connectivity index (χ0) is 20.9. The average molecular weight is 400 g/mol. The van der Waals surface area contributed by atoms with Gasteiger partial charge in [-0.25, -0.2) is 4.99 Å². The third kappa shape index (κ3) is 4.03. The number of hydrogen-bond donors (Lipinski definition) is 1. The molecule has 3 aromatic carbocycles. The van der Waals surface area contributed by atoms with Crippen molar-refractivity contribution in [2.45, 2.75) is 0 Å². The van der Waals surface area contributed by atoms with Crippen LogP contribution in [0.3, 0.4) is 0 Å². The topological polar surface area (TPSA) is 73.1 Å². The molecule has 0 saturated heterocycles. The second-order valence-electron chi connectivity index (χ2n) is 6.47. The van der Waals surface area contributed by atoms with Crippen molar-refractivity contribution < 1.29 is 18.7 Å². The zero-order valence-corrected chi connectivity index (χ0v) is 16.6. The van der Waals surface area contributed by atoms with Crippen molar-refractivity contribution in [3.05, 3.63) is 90.0 Å². The SMILES string of the molecule is COc1ccc(NC(=O)c2cc3ccccc3oc2=Nc2ccccc2OC)cc1. The monoisotopic (exact) mass is 400 g/mol. The molecule has 4 aromatic rings. The van der Waals surface area contributed by atoms with Gasteiger partial charge in [0.05, 0.1) is 14.2 Å². The van der Waals surface area contributed by atoms with Crippen LogP contribution in [0.1, 0.15) is 10.4 Å². The number of rotatable bonds is 5. The van der Waals surface area contributed by atoms with Gasteiger partial charge in [0.2, 0.25) is 5.55 Å². The Bertz CT molecular complexity index is 1260. The molecule has 1 aromatic heterocycles. The summed E-state index contributed by atoms with van der Waals surface area (Å²) in [5.41, 5.74) is 2.35. The van der Waals surface area contributed by atoms with E-state index in [4.69, 9.17) is 13.9 Å². The predicted molar refractivity (Wildman–Crippen MR) is 115 cm³/mol. The first-order valence-electron chi connectivity index (χ1n) is 9.34. The van der Waals surface area contributed by atoms with Gasteiger partial charge in [0, 0.05) is 11.1 Å². The molecule has 1 heterocycles. The molecule has 0 aliphatic carbocycles. The lowest BCUT2D eigenvalue weighted by Gasteiger charge is -2.08. The van der Waals surface area contributed by atoms with Crippen molar-refractivity contribution in [3.8, 4) is 11.5 Å². The van der Waals surface area contributed by atoms with E-state index in [1.165, 1.54) is 0 Å². The summed E-state index contributed by atoms with van der Waals surface area (Å²) in [5.74, 6) is 0.964. The molecule has 0 aliphatic heterocycles. The molecular weight excluding hydrogens is 380 g/mol. The molecule has 0 bridgehead atoms. The van der Waals surface area contributed by atoms with Crippen LogP contribution in [0.5, 0.6) is 11.5 Å². The number of carbonyl (C=O) groups is 1. The molecule has 1 N–H and O–H groups in total. The Labute approximate surface area is 173 Å². The van der Waals surface area contributed by atoms with Crippen LogP contribution in [0.25, 0.3) is 11.0 Å². The number of para-hydroxylation sites is 3. The third-order valence-corrected chi connectivity index (χ3v) is 4.56. The number of ether oxygens (including phenoxy) is 2. The molecule has 0 spiro atoms. The molecule has 0 fully saturated rings. The van der Waals surface area contributed by atoms with E-state index < -0.39 is 0 Å². The molecular formula is C24H20N2O4. The van der Waals surface area contributed by atoms with Crippen LogP contribution in [-0.4, -0.2) is 20.1 Å². The Morgan fingerprint density at radius 2 is 1.63 bits per heavy atom. The Balaban J connectivity index is 1.81. The molecule has 30 heavy (non-hydrogen) atoms. The van der Waals surface area contributed by atoms with Crippen molar-refractivity contribution >= 4 is 28.3 Å². The van der Waals surface area contributed by atoms with Gasteiger partial charge in [-0.15, -0.1) is 0 Å². The maximum atomic E-state index is 13.1. The summed E-state index contributed by atoms with van der Waals surface area (Å²) in [5, 5.41) is 3.69. The minimum atomic E-state index is -0.330. The Morgan fingerprint density at radius 3 is 2.40 bits per heavy atom. The van der Waals surface area contributed by atoms with Gasteiger partial charge in [0.25, 0.3) is 5.91 Å². The third-order valence-electron chi connectivity index (χ3n) is 4.56. The number of hydrogen-bond acceptors (Lipinski definition) is 5. The molecule has 0 saturated carbocycles. The van der Waals surface area contributed by atoms with Crippen LogP contribution < -0.4 is 20.3 Å². The van der Waals surface area contributed by atoms with Gasteiger partial charge in [0.15, 0.2) is 0 Å². The van der Waals surface area contributed by atoms with Crippen molar-refractivity contribution in [2.75, 3.05) is 19.5 Å². The van der Waals surface area contributed by atoms with Crippen LogP contribution >= 0.6 is 0 Å². The molecule has 4 rings (SSSR count). The van der Waals surface area contributed by atoms with Crippen LogP contribution in [0, 0.1) is 0 Å². The van der Waals surface area contributed by atoms with Crippen molar-refractivity contribution in [3.63, 3.8) is 0 Å². The summed E-state index contributed by atoms with van der Waals surface area (Å²) in [6.45, 7) is 0. The van der Waals surface area contributed by atoms with Crippen molar-refractivity contribution in [1.29, 1.82) is 0 Å². The fourth-order valence-electron chi connectivity index (χ4n) is 3.02. The van der Waals surface area contributed by atoms with Crippen molar-refractivity contribution in [2.24, 2.45) is 4.99 Å². The number of nitrogens with one attached hydrogen (secondary N) is 1. The van der Waals surface area contributed by atoms with E-state index in [2.05, 4.69) is 10.3 Å². The van der Waals surface area contributed by atoms with Crippen LogP contribution in [0.4, 0.5) is 11.4 Å². The molecule has 0 radical (unpaired) electrons. The number of carbonyl (C=O) groups excluding carboxylic acids is 1. The van der Waals surface area contributed by atoms with E-state index in [-0.39, 0.29) is 11.5 Å². The molecule has 0 unspecified atom stereocenters. The van der Waals surface area contributed by atoms with Gasteiger partial charge < -0.3 is 19.2 Å². The van der Waals surface area contributed by atoms with E-state index in [1.54, 1.807) is 56.7 Å². The number of amides is 1. The Kier molecular flexibility index (Phi) is 5.48. The fourth-order valence-corrected chi connectivity index (χ4v) is 3.02. The van der Waals surface area contributed by atoms with Crippen molar-refractivity contribution in [1.82, 2.24) is 0 Å². The second kappa shape index (κ2) is 8.53. The Morgan fingerprint density at radius 1 is 0.900 bits per heavy atom. The summed E-state index contributed by atoms with van der Waals surface area (Å²) < 4.78 is 16.5. The van der Waals surface area contributed by atoms with Gasteiger partial charge in [0.1, 0.15) is 28.3 Å². The second-order valence-corrected chi connectivity index (χ2v) is 6.47. The first-order chi connectivity index (χ1) is 14.7. The highest BCUT2D eigenvalue weighted by atomic mass is 16.5. The lowest BCUT2D eigenvalue weighted by atomic mass is 10.1. The van der Waals surface area contributed by atoms with E-state index >= 15 is 0 Å². The highest BCUT2D eigenvalue weighted by Gasteiger charge is 2.14. The van der Waals surface area contributed by atoms with Crippen LogP contribution in [-0.2, 0) is 0 Å². The summed E-state index contributed by atoms with van der Waals surface area (Å²) >= 11 is 0. The average Bonchev–Trinajstić information content (AvgIpc) is 2.79. The van der Waals surface area contributed by atoms with Gasteiger partial charge in [-0.05, 0) is 48.5 Å². The number of nitrogens with zero attached hydrogens (tertiary/aromatic N) is 1. The number of fused-ring (bicyclic) bond motifs is 1. The van der Waals surface area contributed by atoms with Crippen LogP contribution in [0.15, 0.2) is 88.3 Å². The standard InChI is InChI=1S/C24H20N2O4/c1-28-18-13-11-17(12-14-18)25-23(27)19-15-16-7-3-5-9-21(16)30-24(19)26-20-8-4-6-10-22(20)29-2/h3-15H,1-2H3,(H,25,27). The summed E-state index contributed by atoms with van der Waals surface area (Å²) in [4.78, 5) is 17.7. The summed E-state index contributed by atoms with van der Waals surface area (Å²) in [7, 11) is 3.17. The van der Waals surface area contributed by atoms with E-state index in [1.807, 2.05) is 36.4 Å².